The molecule has 0 aliphatic carbocycles. The van der Waals surface area contributed by atoms with Gasteiger partial charge in [0.15, 0.2) is 0 Å². The Morgan fingerprint density at radius 2 is 2.26 bits per heavy atom. The summed E-state index contributed by atoms with van der Waals surface area (Å²) in [5.41, 5.74) is 1.03. The number of nitrogens with zero attached hydrogens (tertiary/aromatic N) is 2. The molecule has 1 atom stereocenters. The van der Waals surface area contributed by atoms with Crippen LogP contribution >= 0.6 is 0 Å². The predicted octanol–water partition coefficient (Wildman–Crippen LogP) is 1.17. The summed E-state index contributed by atoms with van der Waals surface area (Å²) >= 11 is 0. The molecule has 6 heteroatoms. The van der Waals surface area contributed by atoms with Crippen LogP contribution < -0.4 is 5.32 Å². The maximum absolute atomic E-state index is 11.9. The molecule has 0 saturated carbocycles. The third kappa shape index (κ3) is 3.31. The molecular weight excluding hydrogens is 246 g/mol. The average Bonchev–Trinajstić information content (AvgIpc) is 2.78. The summed E-state index contributed by atoms with van der Waals surface area (Å²) in [5, 5.41) is 11.3. The van der Waals surface area contributed by atoms with Gasteiger partial charge in [0.25, 0.3) is 5.91 Å². The summed E-state index contributed by atoms with van der Waals surface area (Å²) in [5.74, 6) is -1.27. The number of rotatable bonds is 5. The molecule has 6 nitrogen and oxygen atoms in total. The Balaban J connectivity index is 1.98. The summed E-state index contributed by atoms with van der Waals surface area (Å²) in [6.45, 7) is 2.09. The second kappa shape index (κ2) is 5.51. The Kier molecular flexibility index (Phi) is 3.79. The molecular formula is C13H15N3O3. The first kappa shape index (κ1) is 13.1. The van der Waals surface area contributed by atoms with Crippen LogP contribution in [0.5, 0.6) is 0 Å². The van der Waals surface area contributed by atoms with Crippen molar-refractivity contribution in [3.05, 3.63) is 36.3 Å². The quantitative estimate of drug-likeness (QED) is 0.846. The number of carbonyl (C=O) groups excluding carboxylic acids is 1. The zero-order chi connectivity index (χ0) is 13.8. The molecule has 19 heavy (non-hydrogen) atoms. The average molecular weight is 261 g/mol. The van der Waals surface area contributed by atoms with E-state index in [1.807, 2.05) is 24.4 Å². The zero-order valence-electron chi connectivity index (χ0n) is 10.5. The molecule has 2 heterocycles. The molecule has 0 saturated heterocycles. The van der Waals surface area contributed by atoms with Crippen LogP contribution in [-0.4, -0.2) is 32.9 Å². The van der Waals surface area contributed by atoms with Gasteiger partial charge >= 0.3 is 5.97 Å². The predicted molar refractivity (Wildman–Crippen MR) is 68.9 cm³/mol. The molecule has 2 aromatic rings. The number of carbonyl (C=O) groups is 2. The number of fused-ring (bicyclic) bond motifs is 1. The maximum atomic E-state index is 11.9. The zero-order valence-corrected chi connectivity index (χ0v) is 10.5. The number of nitrogens with one attached hydrogen (secondary N) is 1. The minimum atomic E-state index is -0.866. The highest BCUT2D eigenvalue weighted by atomic mass is 16.4. The van der Waals surface area contributed by atoms with Gasteiger partial charge in [-0.1, -0.05) is 13.0 Å². The molecule has 1 amide bonds. The Morgan fingerprint density at radius 1 is 1.47 bits per heavy atom. The van der Waals surface area contributed by atoms with Crippen LogP contribution in [0.4, 0.5) is 0 Å². The van der Waals surface area contributed by atoms with Crippen molar-refractivity contribution in [2.24, 2.45) is 5.92 Å². The van der Waals surface area contributed by atoms with Gasteiger partial charge in [0, 0.05) is 25.4 Å². The maximum Gasteiger partial charge on any atom is 0.303 e. The highest BCUT2D eigenvalue weighted by Gasteiger charge is 2.13. The standard InChI is InChI=1S/C13H15N3O3/c1-9(6-12(17)18)7-14-13(19)10-8-16-5-3-2-4-11(16)15-10/h2-5,8-9H,6-7H2,1H3,(H,14,19)(H,17,18). The summed E-state index contributed by atoms with van der Waals surface area (Å²) in [4.78, 5) is 26.6. The van der Waals surface area contributed by atoms with Crippen LogP contribution in [0, 0.1) is 5.92 Å². The molecule has 0 radical (unpaired) electrons. The van der Waals surface area contributed by atoms with E-state index >= 15 is 0 Å². The van der Waals surface area contributed by atoms with Crippen molar-refractivity contribution in [3.63, 3.8) is 0 Å². The molecule has 0 fully saturated rings. The van der Waals surface area contributed by atoms with Gasteiger partial charge in [0.1, 0.15) is 11.3 Å². The topological polar surface area (TPSA) is 83.7 Å². The minimum absolute atomic E-state index is 0.0332. The SMILES string of the molecule is CC(CNC(=O)c1cn2ccccc2n1)CC(=O)O. The molecule has 0 aromatic carbocycles. The lowest BCUT2D eigenvalue weighted by atomic mass is 10.1. The normalized spacial score (nSPS) is 12.3. The fraction of sp³-hybridized carbons (Fsp3) is 0.308. The van der Waals surface area contributed by atoms with Crippen LogP contribution in [0.3, 0.4) is 0 Å². The van der Waals surface area contributed by atoms with E-state index in [1.165, 1.54) is 0 Å². The Morgan fingerprint density at radius 3 is 2.95 bits per heavy atom. The smallest absolute Gasteiger partial charge is 0.303 e. The number of carboxylic acids is 1. The first-order valence-corrected chi connectivity index (χ1v) is 6.00. The van der Waals surface area contributed by atoms with Crippen LogP contribution in [0.15, 0.2) is 30.6 Å². The van der Waals surface area contributed by atoms with Crippen molar-refractivity contribution in [2.45, 2.75) is 13.3 Å². The van der Waals surface area contributed by atoms with Gasteiger partial charge < -0.3 is 14.8 Å². The number of aromatic nitrogens is 2. The van der Waals surface area contributed by atoms with E-state index in [0.717, 1.165) is 0 Å². The molecule has 2 rings (SSSR count). The van der Waals surface area contributed by atoms with Crippen LogP contribution in [-0.2, 0) is 4.79 Å². The van der Waals surface area contributed by atoms with Gasteiger partial charge in [-0.3, -0.25) is 9.59 Å². The van der Waals surface area contributed by atoms with Gasteiger partial charge in [0.05, 0.1) is 0 Å². The molecule has 2 aromatic heterocycles. The fourth-order valence-electron chi connectivity index (χ4n) is 1.77. The van der Waals surface area contributed by atoms with Crippen molar-refractivity contribution in [3.8, 4) is 0 Å². The van der Waals surface area contributed by atoms with Crippen molar-refractivity contribution in [1.29, 1.82) is 0 Å². The lowest BCUT2D eigenvalue weighted by molar-refractivity contribution is -0.137. The lowest BCUT2D eigenvalue weighted by Gasteiger charge is -2.08. The second-order valence-electron chi connectivity index (χ2n) is 4.51. The van der Waals surface area contributed by atoms with E-state index in [2.05, 4.69) is 10.3 Å². The van der Waals surface area contributed by atoms with Crippen molar-refractivity contribution < 1.29 is 14.7 Å². The van der Waals surface area contributed by atoms with E-state index in [0.29, 0.717) is 17.9 Å². The fourth-order valence-corrected chi connectivity index (χ4v) is 1.77. The lowest BCUT2D eigenvalue weighted by Crippen LogP contribution is -2.29. The first-order valence-electron chi connectivity index (χ1n) is 6.00. The molecule has 2 N–H and O–H groups in total. The largest absolute Gasteiger partial charge is 0.481 e. The van der Waals surface area contributed by atoms with Crippen molar-refractivity contribution in [2.75, 3.05) is 6.54 Å². The summed E-state index contributed by atoms with van der Waals surface area (Å²) in [6, 6.07) is 5.51. The van der Waals surface area contributed by atoms with E-state index in [9.17, 15) is 9.59 Å². The first-order chi connectivity index (χ1) is 9.06. The highest BCUT2D eigenvalue weighted by molar-refractivity contribution is 5.92. The number of amides is 1. The van der Waals surface area contributed by atoms with Gasteiger partial charge in [-0.05, 0) is 18.1 Å². The van der Waals surface area contributed by atoms with E-state index in [1.54, 1.807) is 17.5 Å². The summed E-state index contributed by atoms with van der Waals surface area (Å²) in [6.07, 6.45) is 3.49. The van der Waals surface area contributed by atoms with Gasteiger partial charge in [-0.25, -0.2) is 4.98 Å². The van der Waals surface area contributed by atoms with Crippen LogP contribution in [0.1, 0.15) is 23.8 Å². The van der Waals surface area contributed by atoms with Gasteiger partial charge in [0.2, 0.25) is 0 Å². The number of aliphatic carboxylic acids is 1. The molecule has 0 bridgehead atoms. The monoisotopic (exact) mass is 261 g/mol. The van der Waals surface area contributed by atoms with E-state index in [4.69, 9.17) is 5.11 Å². The second-order valence-corrected chi connectivity index (χ2v) is 4.51. The number of hydrogen-bond acceptors (Lipinski definition) is 3. The molecule has 0 aliphatic rings. The number of carboxylic acid groups (broad SMARTS) is 1. The number of imidazole rings is 1. The van der Waals surface area contributed by atoms with Crippen LogP contribution in [0.25, 0.3) is 5.65 Å². The van der Waals surface area contributed by atoms with E-state index in [-0.39, 0.29) is 18.2 Å². The Labute approximate surface area is 110 Å². The third-order valence-corrected chi connectivity index (χ3v) is 2.73. The number of hydrogen-bond donors (Lipinski definition) is 2. The van der Waals surface area contributed by atoms with Crippen molar-refractivity contribution in [1.82, 2.24) is 14.7 Å². The van der Waals surface area contributed by atoms with E-state index < -0.39 is 5.97 Å². The summed E-state index contributed by atoms with van der Waals surface area (Å²) < 4.78 is 1.76. The van der Waals surface area contributed by atoms with Gasteiger partial charge in [-0.15, -0.1) is 0 Å². The molecule has 1 unspecified atom stereocenters. The minimum Gasteiger partial charge on any atom is -0.481 e. The Bertz CT molecular complexity index is 573. The molecule has 0 aliphatic heterocycles. The summed E-state index contributed by atoms with van der Waals surface area (Å²) in [7, 11) is 0. The molecule has 0 spiro atoms. The third-order valence-electron chi connectivity index (χ3n) is 2.73. The van der Waals surface area contributed by atoms with Crippen molar-refractivity contribution >= 4 is 17.5 Å². The highest BCUT2D eigenvalue weighted by Crippen LogP contribution is 2.05. The molecule has 100 valence electrons. The Hall–Kier alpha value is -2.37. The number of pyridine rings is 1. The van der Waals surface area contributed by atoms with Crippen LogP contribution in [0.2, 0.25) is 0 Å². The van der Waals surface area contributed by atoms with Gasteiger partial charge in [-0.2, -0.15) is 0 Å².